The molecule has 0 atom stereocenters. The van der Waals surface area contributed by atoms with E-state index >= 15 is 0 Å². The van der Waals surface area contributed by atoms with Gasteiger partial charge in [0.05, 0.1) is 11.1 Å². The second-order valence-electron chi connectivity index (χ2n) is 5.51. The predicted molar refractivity (Wildman–Crippen MR) is 85.8 cm³/mol. The van der Waals surface area contributed by atoms with E-state index in [4.69, 9.17) is 23.2 Å². The Morgan fingerprint density at radius 1 is 0.731 bits per heavy atom. The zero-order valence-electron chi connectivity index (χ0n) is 13.2. The van der Waals surface area contributed by atoms with Gasteiger partial charge in [-0.25, -0.2) is 0 Å². The average Bonchev–Trinajstić information content (AvgIpc) is 2.49. The fourth-order valence-electron chi connectivity index (χ4n) is 2.63. The monoisotopic (exact) mass is 414 g/mol. The summed E-state index contributed by atoms with van der Waals surface area (Å²) >= 11 is 11.4. The van der Waals surface area contributed by atoms with E-state index in [1.54, 1.807) is 0 Å². The van der Waals surface area contributed by atoms with Crippen LogP contribution < -0.4 is 0 Å². The summed E-state index contributed by atoms with van der Waals surface area (Å²) in [5.74, 6) is -1.41. The molecule has 2 rings (SSSR count). The molecule has 2 aromatic carbocycles. The summed E-state index contributed by atoms with van der Waals surface area (Å²) in [5.41, 5.74) is -5.43. The van der Waals surface area contributed by atoms with Gasteiger partial charge in [0.2, 0.25) is 0 Å². The first-order chi connectivity index (χ1) is 11.8. The van der Waals surface area contributed by atoms with Crippen molar-refractivity contribution in [2.75, 3.05) is 0 Å². The number of ketones is 1. The van der Waals surface area contributed by atoms with Gasteiger partial charge in [0.15, 0.2) is 5.78 Å². The highest BCUT2D eigenvalue weighted by Crippen LogP contribution is 2.41. The largest absolute Gasteiger partial charge is 0.417 e. The van der Waals surface area contributed by atoms with Crippen LogP contribution in [0.3, 0.4) is 0 Å². The fourth-order valence-corrected chi connectivity index (χ4v) is 2.94. The number of rotatable bonds is 2. The maximum atomic E-state index is 13.4. The molecular formula is C17H10Cl2F6O. The highest BCUT2D eigenvalue weighted by atomic mass is 35.5. The third-order valence-electron chi connectivity index (χ3n) is 3.85. The Hall–Kier alpha value is -1.73. The van der Waals surface area contributed by atoms with Crippen LogP contribution in [-0.2, 0) is 12.4 Å². The Morgan fingerprint density at radius 2 is 1.04 bits per heavy atom. The van der Waals surface area contributed by atoms with E-state index in [0.717, 1.165) is 38.1 Å². The molecule has 0 heterocycles. The van der Waals surface area contributed by atoms with E-state index in [2.05, 4.69) is 0 Å². The Kier molecular flexibility index (Phi) is 5.36. The molecule has 0 N–H and O–H groups in total. The lowest BCUT2D eigenvalue weighted by Gasteiger charge is -2.19. The molecule has 1 nitrogen and oxygen atoms in total. The van der Waals surface area contributed by atoms with Crippen LogP contribution in [0.5, 0.6) is 0 Å². The molecule has 0 saturated heterocycles. The molecule has 0 saturated carbocycles. The molecule has 0 aliphatic heterocycles. The number of hydrogen-bond donors (Lipinski definition) is 0. The molecule has 0 fully saturated rings. The first kappa shape index (κ1) is 20.6. The minimum absolute atomic E-state index is 0.253. The van der Waals surface area contributed by atoms with Gasteiger partial charge in [-0.1, -0.05) is 23.2 Å². The van der Waals surface area contributed by atoms with Crippen LogP contribution >= 0.6 is 23.2 Å². The summed E-state index contributed by atoms with van der Waals surface area (Å²) in [4.78, 5) is 12.6. The van der Waals surface area contributed by atoms with Gasteiger partial charge in [0, 0.05) is 21.2 Å². The van der Waals surface area contributed by atoms with Crippen molar-refractivity contribution < 1.29 is 31.1 Å². The van der Waals surface area contributed by atoms with E-state index in [9.17, 15) is 31.1 Å². The SMILES string of the molecule is Cc1c(Cl)ccc(C(=O)c2ccc(Cl)c(C)c2C(F)(F)F)c1C(F)(F)F. The summed E-state index contributed by atoms with van der Waals surface area (Å²) in [6, 6.07) is 3.61. The lowest BCUT2D eigenvalue weighted by Crippen LogP contribution is -2.20. The molecule has 0 aliphatic carbocycles. The molecule has 140 valence electrons. The van der Waals surface area contributed by atoms with Crippen LogP contribution in [0.2, 0.25) is 10.0 Å². The summed E-state index contributed by atoms with van der Waals surface area (Å²) in [5, 5.41) is -0.505. The van der Waals surface area contributed by atoms with Crippen LogP contribution in [0.15, 0.2) is 24.3 Å². The van der Waals surface area contributed by atoms with Crippen molar-refractivity contribution >= 4 is 29.0 Å². The second kappa shape index (κ2) is 6.78. The molecule has 0 spiro atoms. The minimum Gasteiger partial charge on any atom is -0.289 e. The molecule has 0 aromatic heterocycles. The van der Waals surface area contributed by atoms with Crippen LogP contribution in [0.25, 0.3) is 0 Å². The summed E-state index contributed by atoms with van der Waals surface area (Å²) < 4.78 is 80.3. The molecule has 0 bridgehead atoms. The van der Waals surface area contributed by atoms with Crippen LogP contribution in [0, 0.1) is 13.8 Å². The fraction of sp³-hybridized carbons (Fsp3) is 0.235. The quantitative estimate of drug-likeness (QED) is 0.386. The van der Waals surface area contributed by atoms with Gasteiger partial charge in [-0.2, -0.15) is 26.3 Å². The van der Waals surface area contributed by atoms with Crippen molar-refractivity contribution in [2.45, 2.75) is 26.2 Å². The normalized spacial score (nSPS) is 12.4. The summed E-state index contributed by atoms with van der Waals surface area (Å²) in [6.07, 6.45) is -9.94. The van der Waals surface area contributed by atoms with Crippen molar-refractivity contribution in [1.82, 2.24) is 0 Å². The van der Waals surface area contributed by atoms with E-state index in [1.165, 1.54) is 0 Å². The van der Waals surface area contributed by atoms with Gasteiger partial charge >= 0.3 is 12.4 Å². The van der Waals surface area contributed by atoms with Gasteiger partial charge < -0.3 is 0 Å². The van der Waals surface area contributed by atoms with E-state index in [1.807, 2.05) is 0 Å². The maximum Gasteiger partial charge on any atom is 0.417 e. The zero-order valence-corrected chi connectivity index (χ0v) is 14.8. The predicted octanol–water partition coefficient (Wildman–Crippen LogP) is 6.88. The van der Waals surface area contributed by atoms with Crippen molar-refractivity contribution in [2.24, 2.45) is 0 Å². The summed E-state index contributed by atoms with van der Waals surface area (Å²) in [7, 11) is 0. The summed E-state index contributed by atoms with van der Waals surface area (Å²) in [6.45, 7) is 2.08. The van der Waals surface area contributed by atoms with Gasteiger partial charge in [-0.3, -0.25) is 4.79 Å². The molecule has 0 radical (unpaired) electrons. The van der Waals surface area contributed by atoms with Gasteiger partial charge in [0.25, 0.3) is 0 Å². The van der Waals surface area contributed by atoms with Gasteiger partial charge in [0.1, 0.15) is 0 Å². The lowest BCUT2D eigenvalue weighted by atomic mass is 9.90. The molecule has 0 amide bonds. The Bertz CT molecular complexity index is 813. The molecule has 0 aliphatic rings. The second-order valence-corrected chi connectivity index (χ2v) is 6.33. The number of carbonyl (C=O) groups excluding carboxylic acids is 1. The maximum absolute atomic E-state index is 13.4. The highest BCUT2D eigenvalue weighted by Gasteiger charge is 2.41. The van der Waals surface area contributed by atoms with Crippen LogP contribution in [-0.4, -0.2) is 5.78 Å². The number of alkyl halides is 6. The van der Waals surface area contributed by atoms with Gasteiger partial charge in [-0.05, 0) is 49.2 Å². The topological polar surface area (TPSA) is 17.1 Å². The molecule has 0 unspecified atom stereocenters. The number of benzene rings is 2. The third kappa shape index (κ3) is 3.69. The number of hydrogen-bond acceptors (Lipinski definition) is 1. The molecule has 9 heteroatoms. The van der Waals surface area contributed by atoms with Crippen LogP contribution in [0.4, 0.5) is 26.3 Å². The van der Waals surface area contributed by atoms with Crippen molar-refractivity contribution in [3.05, 3.63) is 67.7 Å². The van der Waals surface area contributed by atoms with Crippen molar-refractivity contribution in [3.8, 4) is 0 Å². The van der Waals surface area contributed by atoms with Crippen LogP contribution in [0.1, 0.15) is 38.2 Å². The Balaban J connectivity index is 2.81. The molecular weight excluding hydrogens is 405 g/mol. The third-order valence-corrected chi connectivity index (χ3v) is 4.67. The number of carbonyl (C=O) groups is 1. The van der Waals surface area contributed by atoms with E-state index in [-0.39, 0.29) is 10.0 Å². The standard InChI is InChI=1S/C17H10Cl2F6O/c1-7-11(18)5-3-9(13(7)16(20,21)22)15(26)10-4-6-12(19)8(2)14(10)17(23,24)25/h3-6H,1-2H3. The van der Waals surface area contributed by atoms with E-state index < -0.39 is 51.5 Å². The highest BCUT2D eigenvalue weighted by molar-refractivity contribution is 6.32. The first-order valence-corrected chi connectivity index (χ1v) is 7.79. The Labute approximate surface area is 154 Å². The van der Waals surface area contributed by atoms with E-state index in [0.29, 0.717) is 0 Å². The molecule has 26 heavy (non-hydrogen) atoms. The Morgan fingerprint density at radius 3 is 1.31 bits per heavy atom. The first-order valence-electron chi connectivity index (χ1n) is 7.04. The van der Waals surface area contributed by atoms with Crippen molar-refractivity contribution in [3.63, 3.8) is 0 Å². The van der Waals surface area contributed by atoms with Crippen molar-refractivity contribution in [1.29, 1.82) is 0 Å². The van der Waals surface area contributed by atoms with Gasteiger partial charge in [-0.15, -0.1) is 0 Å². The zero-order chi connectivity index (χ0) is 20.0. The minimum atomic E-state index is -4.97. The lowest BCUT2D eigenvalue weighted by molar-refractivity contribution is -0.138. The number of halogens is 8. The smallest absolute Gasteiger partial charge is 0.289 e. The molecule has 2 aromatic rings. The average molecular weight is 415 g/mol.